The van der Waals surface area contributed by atoms with Crippen molar-refractivity contribution in [3.63, 3.8) is 0 Å². The highest BCUT2D eigenvalue weighted by Gasteiger charge is 2.30. The van der Waals surface area contributed by atoms with Crippen molar-refractivity contribution in [3.05, 3.63) is 23.8 Å². The molecule has 6 heteroatoms. The first-order valence-corrected chi connectivity index (χ1v) is 7.09. The lowest BCUT2D eigenvalue weighted by molar-refractivity contribution is -0.124. The van der Waals surface area contributed by atoms with Crippen molar-refractivity contribution in [2.45, 2.75) is 19.4 Å². The van der Waals surface area contributed by atoms with Gasteiger partial charge in [-0.05, 0) is 24.6 Å². The molecule has 0 aromatic heterocycles. The van der Waals surface area contributed by atoms with E-state index in [4.69, 9.17) is 10.5 Å². The monoisotopic (exact) mass is 288 g/mol. The van der Waals surface area contributed by atoms with Crippen LogP contribution in [0.3, 0.4) is 0 Å². The van der Waals surface area contributed by atoms with Crippen LogP contribution < -0.4 is 16.0 Å². The molecule has 1 aromatic carbocycles. The Labute approximate surface area is 124 Å². The van der Waals surface area contributed by atoms with Crippen LogP contribution in [0.25, 0.3) is 0 Å². The summed E-state index contributed by atoms with van der Waals surface area (Å²) < 4.78 is 5.42. The van der Waals surface area contributed by atoms with Crippen LogP contribution in [0.4, 0.5) is 11.4 Å². The van der Waals surface area contributed by atoms with Gasteiger partial charge in [0.05, 0.1) is 24.5 Å². The molecule has 21 heavy (non-hydrogen) atoms. The molecule has 1 unspecified atom stereocenters. The lowest BCUT2D eigenvalue weighted by Crippen LogP contribution is -2.54. The molecule has 3 N–H and O–H groups in total. The van der Waals surface area contributed by atoms with Crippen molar-refractivity contribution in [2.24, 2.45) is 0 Å². The van der Waals surface area contributed by atoms with E-state index in [0.717, 1.165) is 12.1 Å². The Balaban J connectivity index is 2.27. The van der Waals surface area contributed by atoms with Gasteiger partial charge in [0.2, 0.25) is 5.91 Å². The number of nitrogens with zero attached hydrogens (tertiary/aromatic N) is 2. The molecule has 0 radical (unpaired) electrons. The van der Waals surface area contributed by atoms with Gasteiger partial charge in [-0.2, -0.15) is 5.26 Å². The van der Waals surface area contributed by atoms with Crippen LogP contribution >= 0.6 is 0 Å². The van der Waals surface area contributed by atoms with E-state index in [0.29, 0.717) is 37.6 Å². The fourth-order valence-corrected chi connectivity index (χ4v) is 2.37. The lowest BCUT2D eigenvalue weighted by Gasteiger charge is -2.36. The molecule has 0 aliphatic carbocycles. The molecule has 0 bridgehead atoms. The topological polar surface area (TPSA) is 91.4 Å². The first-order valence-electron chi connectivity index (χ1n) is 7.09. The van der Waals surface area contributed by atoms with Crippen molar-refractivity contribution < 1.29 is 9.53 Å². The molecule has 1 saturated heterocycles. The Morgan fingerprint density at radius 3 is 3.14 bits per heavy atom. The van der Waals surface area contributed by atoms with Gasteiger partial charge in [0, 0.05) is 18.8 Å². The van der Waals surface area contributed by atoms with Crippen molar-refractivity contribution >= 4 is 17.3 Å². The van der Waals surface area contributed by atoms with Crippen LogP contribution in [0.15, 0.2) is 18.2 Å². The van der Waals surface area contributed by atoms with Gasteiger partial charge in [-0.3, -0.25) is 4.79 Å². The molecular weight excluding hydrogens is 268 g/mol. The zero-order chi connectivity index (χ0) is 15.2. The van der Waals surface area contributed by atoms with Crippen LogP contribution in [0.5, 0.6) is 0 Å². The second kappa shape index (κ2) is 6.95. The number of benzene rings is 1. The summed E-state index contributed by atoms with van der Waals surface area (Å²) in [6.45, 7) is 4.07. The molecule has 2 rings (SSSR count). The largest absolute Gasteiger partial charge is 0.399 e. The number of nitriles is 1. The number of rotatable bonds is 4. The third-order valence-electron chi connectivity index (χ3n) is 3.43. The maximum absolute atomic E-state index is 12.3. The van der Waals surface area contributed by atoms with Gasteiger partial charge in [-0.15, -0.1) is 0 Å². The quantitative estimate of drug-likeness (QED) is 0.802. The molecule has 1 fully saturated rings. The average molecular weight is 288 g/mol. The van der Waals surface area contributed by atoms with E-state index in [1.807, 2.05) is 11.8 Å². The molecule has 1 amide bonds. The minimum Gasteiger partial charge on any atom is -0.399 e. The molecule has 6 nitrogen and oxygen atoms in total. The summed E-state index contributed by atoms with van der Waals surface area (Å²) in [5, 5.41) is 12.2. The number of nitrogens with one attached hydrogen (secondary N) is 1. The third-order valence-corrected chi connectivity index (χ3v) is 3.43. The number of carbonyl (C=O) groups excluding carboxylic acids is 1. The number of nitrogen functional groups attached to an aromatic ring is 1. The van der Waals surface area contributed by atoms with E-state index in [2.05, 4.69) is 11.4 Å². The maximum atomic E-state index is 12.3. The van der Waals surface area contributed by atoms with E-state index in [1.54, 1.807) is 18.2 Å². The number of nitrogens with two attached hydrogens (primary N) is 1. The Bertz CT molecular complexity index is 553. The van der Waals surface area contributed by atoms with Crippen LogP contribution in [-0.2, 0) is 9.53 Å². The standard InChI is InChI=1S/C15H20N4O2/c1-2-5-18-15(20)14-10-21-7-6-19(14)13-4-3-12(17)8-11(13)9-16/h3-4,8,14H,2,5-7,10,17H2,1H3,(H,18,20). The van der Waals surface area contributed by atoms with Crippen LogP contribution in [0.2, 0.25) is 0 Å². The van der Waals surface area contributed by atoms with Crippen molar-refractivity contribution in [2.75, 3.05) is 36.9 Å². The predicted octanol–water partition coefficient (Wildman–Crippen LogP) is 0.872. The lowest BCUT2D eigenvalue weighted by atomic mass is 10.1. The molecule has 1 heterocycles. The first-order chi connectivity index (χ1) is 10.2. The molecular formula is C15H20N4O2. The van der Waals surface area contributed by atoms with E-state index in [1.165, 1.54) is 0 Å². The number of hydrogen-bond acceptors (Lipinski definition) is 5. The zero-order valence-corrected chi connectivity index (χ0v) is 12.1. The summed E-state index contributed by atoms with van der Waals surface area (Å²) in [5.74, 6) is -0.0720. The summed E-state index contributed by atoms with van der Waals surface area (Å²) in [7, 11) is 0. The van der Waals surface area contributed by atoms with E-state index >= 15 is 0 Å². The number of hydrogen-bond donors (Lipinski definition) is 2. The highest BCUT2D eigenvalue weighted by Crippen LogP contribution is 2.26. The minimum atomic E-state index is -0.416. The van der Waals surface area contributed by atoms with Gasteiger partial charge in [0.15, 0.2) is 0 Å². The van der Waals surface area contributed by atoms with Gasteiger partial charge in [-0.1, -0.05) is 6.92 Å². The Kier molecular flexibility index (Phi) is 5.01. The highest BCUT2D eigenvalue weighted by atomic mass is 16.5. The number of morpholine rings is 1. The molecule has 1 atom stereocenters. The average Bonchev–Trinajstić information content (AvgIpc) is 2.52. The summed E-state index contributed by atoms with van der Waals surface area (Å²) in [6.07, 6.45) is 0.880. The summed E-state index contributed by atoms with van der Waals surface area (Å²) in [6, 6.07) is 6.89. The molecule has 0 saturated carbocycles. The minimum absolute atomic E-state index is 0.0720. The number of amides is 1. The van der Waals surface area contributed by atoms with Crippen LogP contribution in [0.1, 0.15) is 18.9 Å². The number of anilines is 2. The van der Waals surface area contributed by atoms with E-state index in [-0.39, 0.29) is 5.91 Å². The third kappa shape index (κ3) is 3.44. The molecule has 112 valence electrons. The Morgan fingerprint density at radius 2 is 2.43 bits per heavy atom. The highest BCUT2D eigenvalue weighted by molar-refractivity contribution is 5.86. The maximum Gasteiger partial charge on any atom is 0.245 e. The van der Waals surface area contributed by atoms with Gasteiger partial charge >= 0.3 is 0 Å². The zero-order valence-electron chi connectivity index (χ0n) is 12.1. The van der Waals surface area contributed by atoms with Crippen molar-refractivity contribution in [1.82, 2.24) is 5.32 Å². The number of ether oxygens (including phenoxy) is 1. The summed E-state index contributed by atoms with van der Waals surface area (Å²) in [5.41, 5.74) is 7.46. The Hall–Kier alpha value is -2.26. The second-order valence-electron chi connectivity index (χ2n) is 4.96. The van der Waals surface area contributed by atoms with E-state index in [9.17, 15) is 10.1 Å². The molecule has 1 aliphatic rings. The smallest absolute Gasteiger partial charge is 0.245 e. The predicted molar refractivity (Wildman–Crippen MR) is 80.8 cm³/mol. The van der Waals surface area contributed by atoms with Crippen LogP contribution in [0, 0.1) is 11.3 Å². The van der Waals surface area contributed by atoms with Gasteiger partial charge in [-0.25, -0.2) is 0 Å². The van der Waals surface area contributed by atoms with Crippen molar-refractivity contribution in [3.8, 4) is 6.07 Å². The summed E-state index contributed by atoms with van der Waals surface area (Å²) >= 11 is 0. The van der Waals surface area contributed by atoms with E-state index < -0.39 is 6.04 Å². The normalized spacial score (nSPS) is 18.1. The Morgan fingerprint density at radius 1 is 1.62 bits per heavy atom. The molecule has 1 aromatic rings. The molecule has 1 aliphatic heterocycles. The SMILES string of the molecule is CCCNC(=O)C1COCCN1c1ccc(N)cc1C#N. The first kappa shape index (κ1) is 15.1. The van der Waals surface area contributed by atoms with Gasteiger partial charge in [0.1, 0.15) is 12.1 Å². The van der Waals surface area contributed by atoms with Crippen molar-refractivity contribution in [1.29, 1.82) is 5.26 Å². The van der Waals surface area contributed by atoms with Crippen LogP contribution in [-0.4, -0.2) is 38.3 Å². The van der Waals surface area contributed by atoms with Gasteiger partial charge in [0.25, 0.3) is 0 Å². The number of carbonyl (C=O) groups is 1. The fourth-order valence-electron chi connectivity index (χ4n) is 2.37. The summed E-state index contributed by atoms with van der Waals surface area (Å²) in [4.78, 5) is 14.2. The second-order valence-corrected chi connectivity index (χ2v) is 4.96. The van der Waals surface area contributed by atoms with Gasteiger partial charge < -0.3 is 20.7 Å². The fraction of sp³-hybridized carbons (Fsp3) is 0.467. The molecule has 0 spiro atoms.